The fraction of sp³-hybridized carbons (Fsp3) is 0.727. The van der Waals surface area contributed by atoms with E-state index in [2.05, 4.69) is 19.7 Å². The van der Waals surface area contributed by atoms with Crippen LogP contribution >= 0.6 is 0 Å². The van der Waals surface area contributed by atoms with Crippen LogP contribution in [-0.4, -0.2) is 78.3 Å². The maximum atomic E-state index is 5.77. The van der Waals surface area contributed by atoms with Gasteiger partial charge in [0.25, 0.3) is 0 Å². The van der Waals surface area contributed by atoms with Crippen molar-refractivity contribution in [3.8, 4) is 0 Å². The summed E-state index contributed by atoms with van der Waals surface area (Å²) < 4.78 is 33.7. The van der Waals surface area contributed by atoms with Crippen molar-refractivity contribution in [2.75, 3.05) is 66.1 Å². The molecule has 0 spiro atoms. The van der Waals surface area contributed by atoms with Crippen molar-refractivity contribution >= 4 is 0 Å². The van der Waals surface area contributed by atoms with Gasteiger partial charge in [-0.3, -0.25) is 0 Å². The zero-order valence-corrected chi connectivity index (χ0v) is 17.3. The third-order valence-electron chi connectivity index (χ3n) is 4.09. The summed E-state index contributed by atoms with van der Waals surface area (Å²) in [5.74, 6) is 0. The number of hydrogen-bond donors (Lipinski definition) is 0. The minimum atomic E-state index is 0.00807. The summed E-state index contributed by atoms with van der Waals surface area (Å²) in [6.07, 6.45) is 7.35. The van der Waals surface area contributed by atoms with Gasteiger partial charge in [0, 0.05) is 33.0 Å². The lowest BCUT2D eigenvalue weighted by atomic mass is 10.1. The van der Waals surface area contributed by atoms with Crippen molar-refractivity contribution in [2.45, 2.75) is 37.9 Å². The van der Waals surface area contributed by atoms with E-state index >= 15 is 0 Å². The van der Waals surface area contributed by atoms with Gasteiger partial charge in [0.05, 0.1) is 39.1 Å². The fourth-order valence-corrected chi connectivity index (χ4v) is 2.72. The summed E-state index contributed by atoms with van der Waals surface area (Å²) in [4.78, 5) is 0. The lowest BCUT2D eigenvalue weighted by Gasteiger charge is -2.31. The highest BCUT2D eigenvalue weighted by molar-refractivity contribution is 4.94. The minimum Gasteiger partial charge on any atom is -0.379 e. The molecule has 162 valence electrons. The third-order valence-corrected chi connectivity index (χ3v) is 4.09. The summed E-state index contributed by atoms with van der Waals surface area (Å²) in [6, 6.07) is 0. The van der Waals surface area contributed by atoms with E-state index in [9.17, 15) is 0 Å². The molecule has 0 aromatic heterocycles. The predicted octanol–water partition coefficient (Wildman–Crippen LogP) is 3.33. The van der Waals surface area contributed by atoms with E-state index in [0.717, 1.165) is 37.9 Å². The summed E-state index contributed by atoms with van der Waals surface area (Å²) in [5, 5.41) is 0. The molecule has 0 bridgehead atoms. The third kappa shape index (κ3) is 13.2. The van der Waals surface area contributed by atoms with Crippen molar-refractivity contribution in [2.24, 2.45) is 0 Å². The maximum absolute atomic E-state index is 5.77. The molecule has 1 aliphatic heterocycles. The van der Waals surface area contributed by atoms with Crippen LogP contribution in [0.2, 0.25) is 0 Å². The highest BCUT2D eigenvalue weighted by Crippen LogP contribution is 2.17. The second-order valence-corrected chi connectivity index (χ2v) is 6.71. The molecule has 0 amide bonds. The van der Waals surface area contributed by atoms with Gasteiger partial charge in [0.15, 0.2) is 0 Å². The number of hydrogen-bond acceptors (Lipinski definition) is 6. The van der Waals surface area contributed by atoms with Crippen molar-refractivity contribution in [1.29, 1.82) is 0 Å². The average molecular weight is 399 g/mol. The molecule has 2 atom stereocenters. The molecular formula is C22H38O6. The van der Waals surface area contributed by atoms with Gasteiger partial charge in [0.2, 0.25) is 0 Å². The van der Waals surface area contributed by atoms with Gasteiger partial charge in [-0.2, -0.15) is 0 Å². The van der Waals surface area contributed by atoms with Gasteiger partial charge in [-0.05, 0) is 31.3 Å². The molecule has 0 aromatic carbocycles. The molecule has 0 saturated carbocycles. The lowest BCUT2D eigenvalue weighted by Crippen LogP contribution is -2.39. The molecule has 28 heavy (non-hydrogen) atoms. The summed E-state index contributed by atoms with van der Waals surface area (Å²) in [7, 11) is 0. The quantitative estimate of drug-likeness (QED) is 0.246. The second-order valence-electron chi connectivity index (χ2n) is 6.71. The summed E-state index contributed by atoms with van der Waals surface area (Å²) >= 11 is 0. The Labute approximate surface area is 170 Å². The van der Waals surface area contributed by atoms with Crippen LogP contribution in [0.5, 0.6) is 0 Å². The van der Waals surface area contributed by atoms with E-state index < -0.39 is 0 Å². The Morgan fingerprint density at radius 3 is 2.21 bits per heavy atom. The van der Waals surface area contributed by atoms with Gasteiger partial charge in [-0.15, -0.1) is 13.2 Å². The first-order chi connectivity index (χ1) is 13.8. The van der Waals surface area contributed by atoms with Crippen molar-refractivity contribution < 1.29 is 28.4 Å². The Morgan fingerprint density at radius 2 is 1.54 bits per heavy atom. The molecule has 1 aliphatic rings. The van der Waals surface area contributed by atoms with E-state index in [1.54, 1.807) is 12.2 Å². The first-order valence-electron chi connectivity index (χ1n) is 10.2. The molecule has 0 aliphatic carbocycles. The van der Waals surface area contributed by atoms with Gasteiger partial charge in [-0.1, -0.05) is 18.7 Å². The fourth-order valence-electron chi connectivity index (χ4n) is 2.72. The SMILES string of the molecule is C=CCOCCCOCC(=C)COCCCOC[C@H]1OCCC[C@@H]1OCC=C. The molecular weight excluding hydrogens is 360 g/mol. The van der Waals surface area contributed by atoms with Crippen molar-refractivity contribution in [3.63, 3.8) is 0 Å². The molecule has 1 fully saturated rings. The minimum absolute atomic E-state index is 0.00807. The number of rotatable bonds is 19. The topological polar surface area (TPSA) is 55.4 Å². The number of ether oxygens (including phenoxy) is 6. The van der Waals surface area contributed by atoms with E-state index in [-0.39, 0.29) is 12.2 Å². The molecule has 6 heteroatoms. The zero-order valence-electron chi connectivity index (χ0n) is 17.3. The second kappa shape index (κ2) is 18.0. The van der Waals surface area contributed by atoms with Crippen LogP contribution in [0.15, 0.2) is 37.5 Å². The van der Waals surface area contributed by atoms with E-state index in [1.807, 2.05) is 0 Å². The average Bonchev–Trinajstić information content (AvgIpc) is 2.71. The highest BCUT2D eigenvalue weighted by Gasteiger charge is 2.26. The monoisotopic (exact) mass is 398 g/mol. The van der Waals surface area contributed by atoms with Crippen LogP contribution in [0.4, 0.5) is 0 Å². The Kier molecular flexibility index (Phi) is 16.1. The Hall–Kier alpha value is -1.02. The van der Waals surface area contributed by atoms with Crippen LogP contribution in [0, 0.1) is 0 Å². The molecule has 1 rings (SSSR count). The smallest absolute Gasteiger partial charge is 0.107 e. The zero-order chi connectivity index (χ0) is 20.3. The first-order valence-corrected chi connectivity index (χ1v) is 10.2. The van der Waals surface area contributed by atoms with Gasteiger partial charge in [-0.25, -0.2) is 0 Å². The Bertz CT molecular complexity index is 412. The summed E-state index contributed by atoms with van der Waals surface area (Å²) in [6.45, 7) is 17.4. The molecule has 0 aromatic rings. The van der Waals surface area contributed by atoms with Gasteiger partial charge < -0.3 is 28.4 Å². The first kappa shape index (κ1) is 25.0. The van der Waals surface area contributed by atoms with E-state index in [1.165, 1.54) is 0 Å². The van der Waals surface area contributed by atoms with Crippen molar-refractivity contribution in [3.05, 3.63) is 37.5 Å². The van der Waals surface area contributed by atoms with Crippen LogP contribution in [0.25, 0.3) is 0 Å². The van der Waals surface area contributed by atoms with Crippen LogP contribution in [0.1, 0.15) is 25.7 Å². The van der Waals surface area contributed by atoms with Crippen LogP contribution in [-0.2, 0) is 28.4 Å². The van der Waals surface area contributed by atoms with E-state index in [0.29, 0.717) is 59.5 Å². The van der Waals surface area contributed by atoms with E-state index in [4.69, 9.17) is 28.4 Å². The highest BCUT2D eigenvalue weighted by atomic mass is 16.6. The molecule has 1 heterocycles. The lowest BCUT2D eigenvalue weighted by molar-refractivity contribution is -0.126. The van der Waals surface area contributed by atoms with Crippen LogP contribution < -0.4 is 0 Å². The molecule has 0 radical (unpaired) electrons. The van der Waals surface area contributed by atoms with Crippen molar-refractivity contribution in [1.82, 2.24) is 0 Å². The molecule has 1 saturated heterocycles. The maximum Gasteiger partial charge on any atom is 0.107 e. The van der Waals surface area contributed by atoms with Gasteiger partial charge in [0.1, 0.15) is 6.10 Å². The molecule has 0 N–H and O–H groups in total. The predicted molar refractivity (Wildman–Crippen MR) is 111 cm³/mol. The van der Waals surface area contributed by atoms with Gasteiger partial charge >= 0.3 is 0 Å². The Morgan fingerprint density at radius 1 is 0.893 bits per heavy atom. The largest absolute Gasteiger partial charge is 0.379 e. The Balaban J connectivity index is 1.91. The molecule has 0 unspecified atom stereocenters. The summed E-state index contributed by atoms with van der Waals surface area (Å²) in [5.41, 5.74) is 0.936. The van der Waals surface area contributed by atoms with Crippen LogP contribution in [0.3, 0.4) is 0 Å². The molecule has 6 nitrogen and oxygen atoms in total. The normalized spacial score (nSPS) is 19.4. The standard InChI is InChI=1S/C22H38O6/c1-4-10-23-12-7-13-24-17-20(3)18-25-14-8-15-26-19-22-21(27-11-5-2)9-6-16-28-22/h4-5,21-22H,1-3,6-19H2/t21-,22+/m0/s1.